The second-order valence-electron chi connectivity index (χ2n) is 7.97. The van der Waals surface area contributed by atoms with E-state index in [2.05, 4.69) is 29.2 Å². The van der Waals surface area contributed by atoms with E-state index in [0.717, 1.165) is 21.9 Å². The number of rotatable bonds is 9. The van der Waals surface area contributed by atoms with Crippen molar-refractivity contribution in [3.8, 4) is 0 Å². The van der Waals surface area contributed by atoms with Crippen LogP contribution in [0.4, 0.5) is 11.5 Å². The van der Waals surface area contributed by atoms with Gasteiger partial charge in [0.25, 0.3) is 5.56 Å². The molecule has 7 heteroatoms. The van der Waals surface area contributed by atoms with Gasteiger partial charge < -0.3 is 15.4 Å². The normalized spacial score (nSPS) is 11.1. The fourth-order valence-corrected chi connectivity index (χ4v) is 4.11. The van der Waals surface area contributed by atoms with Crippen LogP contribution in [0.3, 0.4) is 0 Å². The van der Waals surface area contributed by atoms with Crippen LogP contribution in [0.25, 0.3) is 10.8 Å². The first-order valence-corrected chi connectivity index (χ1v) is 11.0. The van der Waals surface area contributed by atoms with Crippen molar-refractivity contribution < 1.29 is 4.74 Å². The van der Waals surface area contributed by atoms with E-state index in [9.17, 15) is 9.59 Å². The van der Waals surface area contributed by atoms with Gasteiger partial charge in [-0.25, -0.2) is 4.79 Å². The molecule has 0 spiro atoms. The van der Waals surface area contributed by atoms with Crippen LogP contribution in [0.1, 0.15) is 17.5 Å². The van der Waals surface area contributed by atoms with E-state index in [4.69, 9.17) is 10.5 Å². The maximum atomic E-state index is 13.0. The summed E-state index contributed by atoms with van der Waals surface area (Å²) in [4.78, 5) is 30.0. The minimum Gasteiger partial charge on any atom is -0.385 e. The van der Waals surface area contributed by atoms with E-state index in [1.165, 1.54) is 4.57 Å². The summed E-state index contributed by atoms with van der Waals surface area (Å²) in [5.74, 6) is 0.158. The molecule has 3 N–H and O–H groups in total. The van der Waals surface area contributed by atoms with Crippen molar-refractivity contribution >= 4 is 22.3 Å². The molecule has 0 atom stereocenters. The summed E-state index contributed by atoms with van der Waals surface area (Å²) in [7, 11) is 1.65. The Bertz CT molecular complexity index is 1340. The SMILES string of the molecule is COCCCN(Cc1cccc2ccccc12)c1c(N)n(Cc2ccccc2)c(=O)[nH]c1=O. The van der Waals surface area contributed by atoms with Gasteiger partial charge in [-0.2, -0.15) is 0 Å². The molecular weight excluding hydrogens is 416 g/mol. The quantitative estimate of drug-likeness (QED) is 0.386. The smallest absolute Gasteiger partial charge is 0.330 e. The number of benzene rings is 3. The average Bonchev–Trinajstić information content (AvgIpc) is 2.82. The lowest BCUT2D eigenvalue weighted by Gasteiger charge is -2.27. The van der Waals surface area contributed by atoms with E-state index < -0.39 is 11.2 Å². The van der Waals surface area contributed by atoms with Gasteiger partial charge in [-0.15, -0.1) is 0 Å². The van der Waals surface area contributed by atoms with E-state index in [1.807, 2.05) is 53.4 Å². The number of nitrogen functional groups attached to an aromatic ring is 1. The molecule has 0 amide bonds. The van der Waals surface area contributed by atoms with Crippen LogP contribution in [0.5, 0.6) is 0 Å². The second kappa shape index (κ2) is 10.2. The van der Waals surface area contributed by atoms with E-state index >= 15 is 0 Å². The Morgan fingerprint density at radius 3 is 2.48 bits per heavy atom. The molecule has 1 aromatic heterocycles. The molecule has 0 fully saturated rings. The molecule has 1 heterocycles. The molecule has 4 aromatic rings. The second-order valence-corrected chi connectivity index (χ2v) is 7.97. The average molecular weight is 445 g/mol. The molecule has 7 nitrogen and oxygen atoms in total. The zero-order chi connectivity index (χ0) is 23.2. The van der Waals surface area contributed by atoms with Crippen molar-refractivity contribution in [2.75, 3.05) is 30.9 Å². The topological polar surface area (TPSA) is 93.3 Å². The van der Waals surface area contributed by atoms with E-state index in [0.29, 0.717) is 31.8 Å². The van der Waals surface area contributed by atoms with Gasteiger partial charge in [0.15, 0.2) is 0 Å². The van der Waals surface area contributed by atoms with Crippen molar-refractivity contribution in [2.24, 2.45) is 0 Å². The van der Waals surface area contributed by atoms with Crippen LogP contribution < -0.4 is 21.9 Å². The number of aromatic nitrogens is 2. The van der Waals surface area contributed by atoms with Crippen LogP contribution in [0, 0.1) is 0 Å². The summed E-state index contributed by atoms with van der Waals surface area (Å²) in [6, 6.07) is 23.8. The Morgan fingerprint density at radius 1 is 0.970 bits per heavy atom. The number of methoxy groups -OCH3 is 1. The Morgan fingerprint density at radius 2 is 1.70 bits per heavy atom. The largest absolute Gasteiger partial charge is 0.385 e. The number of hydrogen-bond donors (Lipinski definition) is 2. The highest BCUT2D eigenvalue weighted by molar-refractivity contribution is 5.86. The number of fused-ring (bicyclic) bond motifs is 1. The predicted molar refractivity (Wildman–Crippen MR) is 133 cm³/mol. The monoisotopic (exact) mass is 444 g/mol. The van der Waals surface area contributed by atoms with Gasteiger partial charge >= 0.3 is 5.69 Å². The van der Waals surface area contributed by atoms with Crippen molar-refractivity contribution in [3.05, 3.63) is 105 Å². The van der Waals surface area contributed by atoms with Gasteiger partial charge in [-0.1, -0.05) is 72.8 Å². The molecule has 33 heavy (non-hydrogen) atoms. The fourth-order valence-electron chi connectivity index (χ4n) is 4.11. The molecule has 0 saturated heterocycles. The summed E-state index contributed by atoms with van der Waals surface area (Å²) in [5, 5.41) is 2.24. The first-order valence-electron chi connectivity index (χ1n) is 11.0. The summed E-state index contributed by atoms with van der Waals surface area (Å²) >= 11 is 0. The van der Waals surface area contributed by atoms with E-state index in [-0.39, 0.29) is 12.4 Å². The van der Waals surface area contributed by atoms with Crippen molar-refractivity contribution in [3.63, 3.8) is 0 Å². The molecule has 0 aliphatic heterocycles. The predicted octanol–water partition coefficient (Wildman–Crippen LogP) is 3.36. The molecule has 3 aromatic carbocycles. The molecular formula is C26H28N4O3. The minimum absolute atomic E-state index is 0.158. The lowest BCUT2D eigenvalue weighted by Crippen LogP contribution is -2.39. The Balaban J connectivity index is 1.77. The van der Waals surface area contributed by atoms with Crippen LogP contribution >= 0.6 is 0 Å². The minimum atomic E-state index is -0.521. The third kappa shape index (κ3) is 4.99. The number of nitrogens with two attached hydrogens (primary N) is 1. The van der Waals surface area contributed by atoms with Crippen LogP contribution in [0.15, 0.2) is 82.4 Å². The first-order chi connectivity index (χ1) is 16.1. The molecule has 0 unspecified atom stereocenters. The molecule has 0 aliphatic carbocycles. The van der Waals surface area contributed by atoms with Crippen LogP contribution in [-0.4, -0.2) is 29.8 Å². The first kappa shape index (κ1) is 22.4. The lowest BCUT2D eigenvalue weighted by molar-refractivity contribution is 0.196. The van der Waals surface area contributed by atoms with Gasteiger partial charge in [-0.3, -0.25) is 14.3 Å². The zero-order valence-electron chi connectivity index (χ0n) is 18.7. The number of H-pyrrole nitrogens is 1. The number of anilines is 2. The van der Waals surface area contributed by atoms with Crippen LogP contribution in [0.2, 0.25) is 0 Å². The third-order valence-corrected chi connectivity index (χ3v) is 5.73. The molecule has 170 valence electrons. The highest BCUT2D eigenvalue weighted by atomic mass is 16.5. The van der Waals surface area contributed by atoms with Crippen molar-refractivity contribution in [2.45, 2.75) is 19.5 Å². The Hall–Kier alpha value is -3.84. The van der Waals surface area contributed by atoms with Gasteiger partial charge in [-0.05, 0) is 28.3 Å². The number of aromatic amines is 1. The number of ether oxygens (including phenoxy) is 1. The molecule has 4 rings (SSSR count). The number of nitrogens with zero attached hydrogens (tertiary/aromatic N) is 2. The summed E-state index contributed by atoms with van der Waals surface area (Å²) in [6.45, 7) is 1.85. The summed E-state index contributed by atoms with van der Waals surface area (Å²) in [6.07, 6.45) is 0.706. The highest BCUT2D eigenvalue weighted by Crippen LogP contribution is 2.24. The fraction of sp³-hybridized carbons (Fsp3) is 0.231. The number of nitrogens with one attached hydrogen (secondary N) is 1. The molecule has 0 aliphatic rings. The molecule has 0 bridgehead atoms. The van der Waals surface area contributed by atoms with E-state index in [1.54, 1.807) is 7.11 Å². The van der Waals surface area contributed by atoms with Gasteiger partial charge in [0.05, 0.1) is 6.54 Å². The van der Waals surface area contributed by atoms with Gasteiger partial charge in [0.2, 0.25) is 0 Å². The maximum Gasteiger partial charge on any atom is 0.330 e. The Kier molecular flexibility index (Phi) is 6.90. The maximum absolute atomic E-state index is 13.0. The number of hydrogen-bond acceptors (Lipinski definition) is 5. The Labute approximate surface area is 192 Å². The zero-order valence-corrected chi connectivity index (χ0v) is 18.7. The lowest BCUT2D eigenvalue weighted by atomic mass is 10.0. The summed E-state index contributed by atoms with van der Waals surface area (Å²) in [5.41, 5.74) is 7.76. The van der Waals surface area contributed by atoms with Gasteiger partial charge in [0.1, 0.15) is 11.5 Å². The van der Waals surface area contributed by atoms with Crippen molar-refractivity contribution in [1.82, 2.24) is 9.55 Å². The molecule has 0 saturated carbocycles. The summed E-state index contributed by atoms with van der Waals surface area (Å²) < 4.78 is 6.65. The molecule has 0 radical (unpaired) electrons. The standard InChI is InChI=1S/C26H28N4O3/c1-33-16-8-15-29(18-21-13-7-12-20-11-5-6-14-22(20)21)23-24(27)30(26(32)28-25(23)31)17-19-9-3-2-4-10-19/h2-7,9-14H,8,15-18,27H2,1H3,(H,28,31,32). The van der Waals surface area contributed by atoms with Gasteiger partial charge in [0, 0.05) is 26.8 Å². The van der Waals surface area contributed by atoms with Crippen LogP contribution in [-0.2, 0) is 17.8 Å². The van der Waals surface area contributed by atoms with Crippen molar-refractivity contribution in [1.29, 1.82) is 0 Å². The highest BCUT2D eigenvalue weighted by Gasteiger charge is 2.20. The third-order valence-electron chi connectivity index (χ3n) is 5.73.